The lowest BCUT2D eigenvalue weighted by molar-refractivity contribution is 0.0887. The van der Waals surface area contributed by atoms with Gasteiger partial charge in [-0.05, 0) is 43.9 Å². The molecule has 1 rings (SSSR count). The standard InChI is InChI=1S/C15H24N2O/c1-5-15(6-2,7-3)17-14(18)12-9-8-10-13(16)11(12)4/h8-10H,5-7,16H2,1-4H3,(H,17,18). The topological polar surface area (TPSA) is 55.1 Å². The van der Waals surface area contributed by atoms with Crippen molar-refractivity contribution < 1.29 is 4.79 Å². The van der Waals surface area contributed by atoms with Gasteiger partial charge in [-0.25, -0.2) is 0 Å². The van der Waals surface area contributed by atoms with Gasteiger partial charge in [0.1, 0.15) is 0 Å². The van der Waals surface area contributed by atoms with E-state index in [2.05, 4.69) is 26.1 Å². The zero-order valence-electron chi connectivity index (χ0n) is 11.8. The molecule has 0 aliphatic rings. The molecule has 3 heteroatoms. The molecule has 18 heavy (non-hydrogen) atoms. The third kappa shape index (κ3) is 2.84. The van der Waals surface area contributed by atoms with Gasteiger partial charge in [0.2, 0.25) is 0 Å². The molecule has 0 saturated carbocycles. The Morgan fingerprint density at radius 3 is 2.28 bits per heavy atom. The van der Waals surface area contributed by atoms with E-state index < -0.39 is 0 Å². The number of rotatable bonds is 5. The number of carbonyl (C=O) groups excluding carboxylic acids is 1. The number of hydrogen-bond donors (Lipinski definition) is 2. The van der Waals surface area contributed by atoms with Gasteiger partial charge in [-0.1, -0.05) is 26.8 Å². The second kappa shape index (κ2) is 5.89. The number of carbonyl (C=O) groups is 1. The number of nitrogen functional groups attached to an aromatic ring is 1. The maximum Gasteiger partial charge on any atom is 0.252 e. The van der Waals surface area contributed by atoms with Crippen molar-refractivity contribution in [1.82, 2.24) is 5.32 Å². The summed E-state index contributed by atoms with van der Waals surface area (Å²) in [7, 11) is 0. The van der Waals surface area contributed by atoms with Crippen LogP contribution in [0.4, 0.5) is 5.69 Å². The van der Waals surface area contributed by atoms with Crippen molar-refractivity contribution in [3.63, 3.8) is 0 Å². The summed E-state index contributed by atoms with van der Waals surface area (Å²) >= 11 is 0. The Labute approximate surface area is 110 Å². The lowest BCUT2D eigenvalue weighted by Crippen LogP contribution is -2.47. The van der Waals surface area contributed by atoms with Crippen LogP contribution in [0.3, 0.4) is 0 Å². The van der Waals surface area contributed by atoms with E-state index in [1.807, 2.05) is 25.1 Å². The smallest absolute Gasteiger partial charge is 0.252 e. The maximum atomic E-state index is 12.3. The molecule has 0 aliphatic heterocycles. The average Bonchev–Trinajstić information content (AvgIpc) is 2.39. The largest absolute Gasteiger partial charge is 0.398 e. The highest BCUT2D eigenvalue weighted by atomic mass is 16.1. The molecule has 100 valence electrons. The highest BCUT2D eigenvalue weighted by Crippen LogP contribution is 2.22. The summed E-state index contributed by atoms with van der Waals surface area (Å²) in [6.07, 6.45) is 2.81. The SMILES string of the molecule is CCC(CC)(CC)NC(=O)c1cccc(N)c1C. The highest BCUT2D eigenvalue weighted by molar-refractivity contribution is 5.97. The molecule has 0 aromatic heterocycles. The Morgan fingerprint density at radius 1 is 1.22 bits per heavy atom. The summed E-state index contributed by atoms with van der Waals surface area (Å²) in [6.45, 7) is 8.22. The van der Waals surface area contributed by atoms with Crippen molar-refractivity contribution in [3.05, 3.63) is 29.3 Å². The molecule has 0 unspecified atom stereocenters. The molecule has 1 amide bonds. The summed E-state index contributed by atoms with van der Waals surface area (Å²) in [5.41, 5.74) is 7.93. The quantitative estimate of drug-likeness (QED) is 0.786. The number of nitrogens with two attached hydrogens (primary N) is 1. The number of benzene rings is 1. The summed E-state index contributed by atoms with van der Waals surface area (Å²) in [6, 6.07) is 5.47. The van der Waals surface area contributed by atoms with Crippen LogP contribution in [0.2, 0.25) is 0 Å². The van der Waals surface area contributed by atoms with Crippen molar-refractivity contribution >= 4 is 11.6 Å². The highest BCUT2D eigenvalue weighted by Gasteiger charge is 2.26. The second-order valence-corrected chi connectivity index (χ2v) is 4.81. The third-order valence-corrected chi connectivity index (χ3v) is 4.03. The van der Waals surface area contributed by atoms with Crippen LogP contribution in [0, 0.1) is 6.92 Å². The average molecular weight is 248 g/mol. The fraction of sp³-hybridized carbons (Fsp3) is 0.533. The van der Waals surface area contributed by atoms with E-state index in [0.717, 1.165) is 24.8 Å². The van der Waals surface area contributed by atoms with E-state index >= 15 is 0 Å². The van der Waals surface area contributed by atoms with Crippen molar-refractivity contribution in [2.24, 2.45) is 0 Å². The minimum absolute atomic E-state index is 0.0228. The minimum Gasteiger partial charge on any atom is -0.398 e. The molecule has 0 saturated heterocycles. The minimum atomic E-state index is -0.103. The van der Waals surface area contributed by atoms with Gasteiger partial charge in [-0.3, -0.25) is 4.79 Å². The molecule has 1 aromatic rings. The van der Waals surface area contributed by atoms with Crippen LogP contribution in [-0.2, 0) is 0 Å². The third-order valence-electron chi connectivity index (χ3n) is 4.03. The number of hydrogen-bond acceptors (Lipinski definition) is 2. The predicted octanol–water partition coefficient (Wildman–Crippen LogP) is 3.28. The monoisotopic (exact) mass is 248 g/mol. The fourth-order valence-electron chi connectivity index (χ4n) is 2.22. The number of nitrogens with one attached hydrogen (secondary N) is 1. The first-order valence-corrected chi connectivity index (χ1v) is 6.67. The fourth-order valence-corrected chi connectivity index (χ4v) is 2.22. The normalized spacial score (nSPS) is 11.3. The Morgan fingerprint density at radius 2 is 1.78 bits per heavy atom. The van der Waals surface area contributed by atoms with Gasteiger partial charge in [-0.2, -0.15) is 0 Å². The molecule has 0 bridgehead atoms. The zero-order chi connectivity index (χ0) is 13.8. The van der Waals surface area contributed by atoms with Crippen LogP contribution in [0.25, 0.3) is 0 Å². The van der Waals surface area contributed by atoms with Crippen LogP contribution in [-0.4, -0.2) is 11.4 Å². The van der Waals surface area contributed by atoms with E-state index in [1.165, 1.54) is 0 Å². The first kappa shape index (κ1) is 14.6. The van der Waals surface area contributed by atoms with Crippen molar-refractivity contribution in [2.45, 2.75) is 52.5 Å². The van der Waals surface area contributed by atoms with E-state index in [4.69, 9.17) is 5.73 Å². The van der Waals surface area contributed by atoms with Gasteiger partial charge in [0.05, 0.1) is 0 Å². The Balaban J connectivity index is 2.98. The molecular formula is C15H24N2O. The molecule has 1 aromatic carbocycles. The summed E-state index contributed by atoms with van der Waals surface area (Å²) in [4.78, 5) is 12.3. The van der Waals surface area contributed by atoms with Gasteiger partial charge >= 0.3 is 0 Å². The van der Waals surface area contributed by atoms with Crippen molar-refractivity contribution in [3.8, 4) is 0 Å². The van der Waals surface area contributed by atoms with Gasteiger partial charge in [0.25, 0.3) is 5.91 Å². The van der Waals surface area contributed by atoms with E-state index in [0.29, 0.717) is 11.3 Å². The second-order valence-electron chi connectivity index (χ2n) is 4.81. The van der Waals surface area contributed by atoms with Gasteiger partial charge in [0.15, 0.2) is 0 Å². The summed E-state index contributed by atoms with van der Waals surface area (Å²) < 4.78 is 0. The van der Waals surface area contributed by atoms with Crippen molar-refractivity contribution in [2.75, 3.05) is 5.73 Å². The Hall–Kier alpha value is -1.51. The number of amides is 1. The van der Waals surface area contributed by atoms with Crippen molar-refractivity contribution in [1.29, 1.82) is 0 Å². The van der Waals surface area contributed by atoms with E-state index in [1.54, 1.807) is 0 Å². The van der Waals surface area contributed by atoms with Gasteiger partial charge < -0.3 is 11.1 Å². The Bertz CT molecular complexity index is 414. The first-order valence-electron chi connectivity index (χ1n) is 6.67. The van der Waals surface area contributed by atoms with Crippen LogP contribution < -0.4 is 11.1 Å². The Kier molecular flexibility index (Phi) is 4.76. The van der Waals surface area contributed by atoms with E-state index in [-0.39, 0.29) is 11.4 Å². The molecule has 0 heterocycles. The molecule has 0 fully saturated rings. The maximum absolute atomic E-state index is 12.3. The molecule has 3 N–H and O–H groups in total. The predicted molar refractivity (Wildman–Crippen MR) is 76.7 cm³/mol. The van der Waals surface area contributed by atoms with Gasteiger partial charge in [0, 0.05) is 16.8 Å². The lowest BCUT2D eigenvalue weighted by atomic mass is 9.89. The lowest BCUT2D eigenvalue weighted by Gasteiger charge is -2.32. The number of anilines is 1. The zero-order valence-corrected chi connectivity index (χ0v) is 11.8. The van der Waals surface area contributed by atoms with Crippen LogP contribution in [0.5, 0.6) is 0 Å². The van der Waals surface area contributed by atoms with Crippen LogP contribution in [0.1, 0.15) is 56.0 Å². The molecule has 0 spiro atoms. The summed E-state index contributed by atoms with van der Waals surface area (Å²) in [5.74, 6) is -0.0228. The van der Waals surface area contributed by atoms with E-state index in [9.17, 15) is 4.79 Å². The molecule has 0 radical (unpaired) electrons. The molecule has 3 nitrogen and oxygen atoms in total. The van der Waals surface area contributed by atoms with Crippen LogP contribution in [0.15, 0.2) is 18.2 Å². The molecular weight excluding hydrogens is 224 g/mol. The summed E-state index contributed by atoms with van der Waals surface area (Å²) in [5, 5.41) is 3.17. The molecule has 0 aliphatic carbocycles. The van der Waals surface area contributed by atoms with Gasteiger partial charge in [-0.15, -0.1) is 0 Å². The van der Waals surface area contributed by atoms with Crippen LogP contribution >= 0.6 is 0 Å². The first-order chi connectivity index (χ1) is 8.49. The molecule has 0 atom stereocenters.